The predicted octanol–water partition coefficient (Wildman–Crippen LogP) is 2.76. The first-order valence-corrected chi connectivity index (χ1v) is 6.03. The van der Waals surface area contributed by atoms with Gasteiger partial charge < -0.3 is 10.6 Å². The third-order valence-electron chi connectivity index (χ3n) is 1.82. The predicted molar refractivity (Wildman–Crippen MR) is 64.5 cm³/mol. The zero-order valence-corrected chi connectivity index (χ0v) is 10.4. The second-order valence-electron chi connectivity index (χ2n) is 3.36. The summed E-state index contributed by atoms with van der Waals surface area (Å²) in [5, 5.41) is 4.78. The van der Waals surface area contributed by atoms with E-state index < -0.39 is 11.5 Å². The van der Waals surface area contributed by atoms with Gasteiger partial charge in [-0.15, -0.1) is 0 Å². The Hall–Kier alpha value is -1.44. The van der Waals surface area contributed by atoms with Crippen LogP contribution in [0.4, 0.5) is 23.7 Å². The van der Waals surface area contributed by atoms with Gasteiger partial charge in [-0.1, -0.05) is 0 Å². The quantitative estimate of drug-likeness (QED) is 0.833. The standard InChI is InChI=1S/C10H12F3N3OS/c1-7-2-3-8(6-15-7)16-9(17)14-4-5-18-10(11,12)13/h2-3,6H,4-5H2,1H3,(H2,14,16,17). The normalized spacial score (nSPS) is 11.1. The molecule has 0 spiro atoms. The van der Waals surface area contributed by atoms with Crippen LogP contribution >= 0.6 is 11.8 Å². The maximum Gasteiger partial charge on any atom is 0.441 e. The van der Waals surface area contributed by atoms with Crippen molar-refractivity contribution < 1.29 is 18.0 Å². The van der Waals surface area contributed by atoms with Gasteiger partial charge in [0, 0.05) is 18.0 Å². The molecule has 2 amide bonds. The third kappa shape index (κ3) is 6.33. The molecule has 0 aliphatic carbocycles. The number of alkyl halides is 3. The van der Waals surface area contributed by atoms with Gasteiger partial charge in [0.25, 0.3) is 0 Å². The molecule has 0 saturated heterocycles. The highest BCUT2D eigenvalue weighted by atomic mass is 32.2. The van der Waals surface area contributed by atoms with Crippen molar-refractivity contribution in [2.45, 2.75) is 12.4 Å². The summed E-state index contributed by atoms with van der Waals surface area (Å²) in [5.41, 5.74) is -2.97. The van der Waals surface area contributed by atoms with Crippen LogP contribution in [-0.4, -0.2) is 28.8 Å². The Morgan fingerprint density at radius 1 is 1.44 bits per heavy atom. The van der Waals surface area contributed by atoms with Crippen LogP contribution in [0.3, 0.4) is 0 Å². The number of hydrogen-bond donors (Lipinski definition) is 2. The Kier molecular flexibility index (Phi) is 5.26. The van der Waals surface area contributed by atoms with Crippen LogP contribution in [0, 0.1) is 6.92 Å². The molecule has 1 heterocycles. The lowest BCUT2D eigenvalue weighted by molar-refractivity contribution is -0.0327. The summed E-state index contributed by atoms with van der Waals surface area (Å²) in [5.74, 6) is -0.219. The molecule has 0 aromatic carbocycles. The van der Waals surface area contributed by atoms with Crippen LogP contribution in [0.1, 0.15) is 5.69 Å². The number of anilines is 1. The first kappa shape index (κ1) is 14.6. The van der Waals surface area contributed by atoms with Gasteiger partial charge in [-0.2, -0.15) is 13.2 Å². The van der Waals surface area contributed by atoms with Crippen molar-refractivity contribution in [3.8, 4) is 0 Å². The van der Waals surface area contributed by atoms with E-state index in [1.54, 1.807) is 19.1 Å². The van der Waals surface area contributed by atoms with Gasteiger partial charge in [0.15, 0.2) is 0 Å². The van der Waals surface area contributed by atoms with E-state index >= 15 is 0 Å². The summed E-state index contributed by atoms with van der Waals surface area (Å²) in [6.45, 7) is 1.74. The minimum absolute atomic E-state index is 0.0602. The van der Waals surface area contributed by atoms with E-state index in [-0.39, 0.29) is 24.1 Å². The lowest BCUT2D eigenvalue weighted by Crippen LogP contribution is -2.31. The topological polar surface area (TPSA) is 54.0 Å². The van der Waals surface area contributed by atoms with Gasteiger partial charge in [0.05, 0.1) is 11.9 Å². The van der Waals surface area contributed by atoms with Crippen LogP contribution in [0.2, 0.25) is 0 Å². The fourth-order valence-electron chi connectivity index (χ4n) is 1.05. The lowest BCUT2D eigenvalue weighted by atomic mass is 10.3. The highest BCUT2D eigenvalue weighted by Gasteiger charge is 2.27. The first-order chi connectivity index (χ1) is 8.37. The number of urea groups is 1. The van der Waals surface area contributed by atoms with Crippen LogP contribution in [0.25, 0.3) is 0 Å². The van der Waals surface area contributed by atoms with Crippen molar-refractivity contribution in [2.24, 2.45) is 0 Å². The van der Waals surface area contributed by atoms with Crippen molar-refractivity contribution in [2.75, 3.05) is 17.6 Å². The minimum atomic E-state index is -4.26. The Labute approximate surface area is 106 Å². The van der Waals surface area contributed by atoms with Crippen LogP contribution in [0.15, 0.2) is 18.3 Å². The number of carbonyl (C=O) groups is 1. The van der Waals surface area contributed by atoms with Gasteiger partial charge >= 0.3 is 11.5 Å². The molecule has 1 aromatic rings. The molecular weight excluding hydrogens is 267 g/mol. The summed E-state index contributed by atoms with van der Waals surface area (Å²) in [7, 11) is 0. The minimum Gasteiger partial charge on any atom is -0.337 e. The third-order valence-corrected chi connectivity index (χ3v) is 2.56. The molecule has 1 rings (SSSR count). The smallest absolute Gasteiger partial charge is 0.337 e. The molecular formula is C10H12F3N3OS. The number of hydrogen-bond acceptors (Lipinski definition) is 3. The highest BCUT2D eigenvalue weighted by molar-refractivity contribution is 8.00. The molecule has 2 N–H and O–H groups in total. The average Bonchev–Trinajstić information content (AvgIpc) is 2.26. The van der Waals surface area contributed by atoms with Crippen molar-refractivity contribution in [3.05, 3.63) is 24.0 Å². The molecule has 0 saturated carbocycles. The highest BCUT2D eigenvalue weighted by Crippen LogP contribution is 2.29. The van der Waals surface area contributed by atoms with Crippen molar-refractivity contribution in [1.29, 1.82) is 0 Å². The monoisotopic (exact) mass is 279 g/mol. The largest absolute Gasteiger partial charge is 0.441 e. The summed E-state index contributed by atoms with van der Waals surface area (Å²) in [4.78, 5) is 15.2. The number of thioether (sulfide) groups is 1. The summed E-state index contributed by atoms with van der Waals surface area (Å²) >= 11 is -0.171. The molecule has 0 fully saturated rings. The maximum atomic E-state index is 11.8. The second kappa shape index (κ2) is 6.48. The molecule has 8 heteroatoms. The average molecular weight is 279 g/mol. The van der Waals surface area contributed by atoms with Gasteiger partial charge in [-0.25, -0.2) is 4.79 Å². The second-order valence-corrected chi connectivity index (χ2v) is 4.52. The summed E-state index contributed by atoms with van der Waals surface area (Å²) in [6.07, 6.45) is 1.47. The van der Waals surface area contributed by atoms with E-state index in [2.05, 4.69) is 15.6 Å². The lowest BCUT2D eigenvalue weighted by Gasteiger charge is -2.08. The molecule has 0 atom stereocenters. The molecule has 18 heavy (non-hydrogen) atoms. The number of nitrogens with one attached hydrogen (secondary N) is 2. The van der Waals surface area contributed by atoms with Gasteiger partial charge in [-0.3, -0.25) is 4.98 Å². The Morgan fingerprint density at radius 3 is 2.72 bits per heavy atom. The van der Waals surface area contributed by atoms with E-state index in [1.807, 2.05) is 0 Å². The van der Waals surface area contributed by atoms with Crippen molar-refractivity contribution in [3.63, 3.8) is 0 Å². The van der Waals surface area contributed by atoms with E-state index in [9.17, 15) is 18.0 Å². The van der Waals surface area contributed by atoms with Crippen LogP contribution < -0.4 is 10.6 Å². The molecule has 0 aliphatic rings. The van der Waals surface area contributed by atoms with E-state index in [0.29, 0.717) is 5.69 Å². The fourth-order valence-corrected chi connectivity index (χ4v) is 1.48. The Balaban J connectivity index is 2.24. The molecule has 4 nitrogen and oxygen atoms in total. The fraction of sp³-hybridized carbons (Fsp3) is 0.400. The van der Waals surface area contributed by atoms with Gasteiger partial charge in [0.1, 0.15) is 0 Å². The van der Waals surface area contributed by atoms with E-state index in [0.717, 1.165) is 5.69 Å². The zero-order chi connectivity index (χ0) is 13.6. The first-order valence-electron chi connectivity index (χ1n) is 5.05. The number of carbonyl (C=O) groups excluding carboxylic acids is 1. The number of rotatable bonds is 4. The Morgan fingerprint density at radius 2 is 2.17 bits per heavy atom. The van der Waals surface area contributed by atoms with Gasteiger partial charge in [-0.05, 0) is 30.8 Å². The van der Waals surface area contributed by atoms with Crippen molar-refractivity contribution in [1.82, 2.24) is 10.3 Å². The number of amides is 2. The zero-order valence-electron chi connectivity index (χ0n) is 9.54. The van der Waals surface area contributed by atoms with E-state index in [1.165, 1.54) is 6.20 Å². The number of halogens is 3. The number of pyridine rings is 1. The molecule has 1 aromatic heterocycles. The Bertz CT molecular complexity index is 394. The summed E-state index contributed by atoms with van der Waals surface area (Å²) in [6, 6.07) is 2.82. The van der Waals surface area contributed by atoms with Gasteiger partial charge in [0.2, 0.25) is 0 Å². The summed E-state index contributed by atoms with van der Waals surface area (Å²) < 4.78 is 35.4. The molecule has 0 unspecified atom stereocenters. The maximum absolute atomic E-state index is 11.8. The number of nitrogens with zero attached hydrogens (tertiary/aromatic N) is 1. The molecule has 0 aliphatic heterocycles. The van der Waals surface area contributed by atoms with Crippen LogP contribution in [-0.2, 0) is 0 Å². The SMILES string of the molecule is Cc1ccc(NC(=O)NCCSC(F)(F)F)cn1. The molecule has 0 bridgehead atoms. The number of aromatic nitrogens is 1. The number of aryl methyl sites for hydroxylation is 1. The molecule has 100 valence electrons. The van der Waals surface area contributed by atoms with Crippen LogP contribution in [0.5, 0.6) is 0 Å². The van der Waals surface area contributed by atoms with Crippen molar-refractivity contribution >= 4 is 23.5 Å². The van der Waals surface area contributed by atoms with E-state index in [4.69, 9.17) is 0 Å². The molecule has 0 radical (unpaired) electrons.